The summed E-state index contributed by atoms with van der Waals surface area (Å²) in [5.74, 6) is 0.792. The zero-order valence-electron chi connectivity index (χ0n) is 12.1. The van der Waals surface area contributed by atoms with Crippen molar-refractivity contribution in [1.29, 1.82) is 0 Å². The van der Waals surface area contributed by atoms with Crippen molar-refractivity contribution >= 4 is 0 Å². The zero-order chi connectivity index (χ0) is 12.6. The molecule has 0 spiro atoms. The molecule has 16 heavy (non-hydrogen) atoms. The Morgan fingerprint density at radius 3 is 1.81 bits per heavy atom. The van der Waals surface area contributed by atoms with Gasteiger partial charge < -0.3 is 5.11 Å². The van der Waals surface area contributed by atoms with Gasteiger partial charge in [0.25, 0.3) is 0 Å². The molecule has 0 saturated heterocycles. The van der Waals surface area contributed by atoms with E-state index in [0.29, 0.717) is 5.41 Å². The maximum absolute atomic E-state index is 10.7. The van der Waals surface area contributed by atoms with Crippen molar-refractivity contribution in [2.24, 2.45) is 16.7 Å². The maximum Gasteiger partial charge on any atom is 0.0696 e. The van der Waals surface area contributed by atoms with E-state index in [4.69, 9.17) is 0 Å². The van der Waals surface area contributed by atoms with Gasteiger partial charge >= 0.3 is 0 Å². The minimum absolute atomic E-state index is 0.0222. The number of hydrogen-bond acceptors (Lipinski definition) is 1. The molecule has 1 fully saturated rings. The van der Waals surface area contributed by atoms with Crippen molar-refractivity contribution in [3.63, 3.8) is 0 Å². The van der Waals surface area contributed by atoms with Crippen molar-refractivity contribution in [2.45, 2.75) is 79.2 Å². The first-order chi connectivity index (χ1) is 7.12. The highest BCUT2D eigenvalue weighted by atomic mass is 16.3. The van der Waals surface area contributed by atoms with E-state index in [-0.39, 0.29) is 5.41 Å². The van der Waals surface area contributed by atoms with Crippen LogP contribution in [0.3, 0.4) is 0 Å². The molecule has 0 amide bonds. The van der Waals surface area contributed by atoms with Gasteiger partial charge in [-0.05, 0) is 42.4 Å². The third-order valence-electron chi connectivity index (χ3n) is 5.23. The van der Waals surface area contributed by atoms with Crippen LogP contribution in [0.4, 0.5) is 0 Å². The summed E-state index contributed by atoms with van der Waals surface area (Å²) in [4.78, 5) is 0. The molecule has 1 nitrogen and oxygen atoms in total. The van der Waals surface area contributed by atoms with Crippen LogP contribution in [0.5, 0.6) is 0 Å². The normalized spacial score (nSPS) is 32.8. The number of hydrogen-bond donors (Lipinski definition) is 1. The molecular weight excluding hydrogens is 196 g/mol. The lowest BCUT2D eigenvalue weighted by Gasteiger charge is -2.48. The fraction of sp³-hybridized carbons (Fsp3) is 1.00. The molecule has 0 aromatic rings. The van der Waals surface area contributed by atoms with Crippen LogP contribution in [0.25, 0.3) is 0 Å². The molecule has 0 radical (unpaired) electrons. The molecular formula is C15H30O. The second kappa shape index (κ2) is 4.33. The Kier molecular flexibility index (Phi) is 3.79. The summed E-state index contributed by atoms with van der Waals surface area (Å²) < 4.78 is 0. The van der Waals surface area contributed by atoms with Crippen molar-refractivity contribution in [2.75, 3.05) is 0 Å². The monoisotopic (exact) mass is 226 g/mol. The largest absolute Gasteiger partial charge is 0.389 e. The Morgan fingerprint density at radius 1 is 1.06 bits per heavy atom. The smallest absolute Gasteiger partial charge is 0.0696 e. The molecule has 0 heterocycles. The lowest BCUT2D eigenvalue weighted by molar-refractivity contribution is -0.102. The summed E-state index contributed by atoms with van der Waals surface area (Å²) in [5.41, 5.74) is 0.0286. The summed E-state index contributed by atoms with van der Waals surface area (Å²) >= 11 is 0. The second-order valence-corrected chi connectivity index (χ2v) is 7.40. The van der Waals surface area contributed by atoms with Crippen molar-refractivity contribution in [1.82, 2.24) is 0 Å². The van der Waals surface area contributed by atoms with Crippen molar-refractivity contribution in [3.05, 3.63) is 0 Å². The highest BCUT2D eigenvalue weighted by Gasteiger charge is 2.44. The summed E-state index contributed by atoms with van der Waals surface area (Å²) in [6, 6.07) is 0. The highest BCUT2D eigenvalue weighted by molar-refractivity contribution is 4.96. The van der Waals surface area contributed by atoms with E-state index in [1.807, 2.05) is 0 Å². The summed E-state index contributed by atoms with van der Waals surface area (Å²) in [6.07, 6.45) is 5.57. The molecule has 1 N–H and O–H groups in total. The molecule has 1 aliphatic carbocycles. The molecule has 1 rings (SSSR count). The van der Waals surface area contributed by atoms with E-state index in [9.17, 15) is 5.11 Å². The van der Waals surface area contributed by atoms with Gasteiger partial charge in [-0.2, -0.15) is 0 Å². The molecule has 0 bridgehead atoms. The van der Waals surface area contributed by atoms with Gasteiger partial charge in [0.1, 0.15) is 0 Å². The van der Waals surface area contributed by atoms with E-state index in [2.05, 4.69) is 41.5 Å². The highest BCUT2D eigenvalue weighted by Crippen LogP contribution is 2.48. The molecule has 0 aliphatic heterocycles. The molecule has 96 valence electrons. The van der Waals surface area contributed by atoms with E-state index in [0.717, 1.165) is 18.8 Å². The molecule has 1 saturated carbocycles. The van der Waals surface area contributed by atoms with Gasteiger partial charge in [0.15, 0.2) is 0 Å². The zero-order valence-corrected chi connectivity index (χ0v) is 12.1. The Labute approximate surface area is 102 Å². The predicted octanol–water partition coefficient (Wildman–Crippen LogP) is 4.39. The Morgan fingerprint density at radius 2 is 1.50 bits per heavy atom. The maximum atomic E-state index is 10.7. The second-order valence-electron chi connectivity index (χ2n) is 7.40. The average molecular weight is 226 g/mol. The lowest BCUT2D eigenvalue weighted by atomic mass is 9.61. The quantitative estimate of drug-likeness (QED) is 0.740. The lowest BCUT2D eigenvalue weighted by Crippen LogP contribution is -2.47. The Bertz CT molecular complexity index is 226. The predicted molar refractivity (Wildman–Crippen MR) is 70.4 cm³/mol. The molecule has 0 aromatic carbocycles. The Hall–Kier alpha value is -0.0400. The first kappa shape index (κ1) is 14.0. The summed E-state index contributed by atoms with van der Waals surface area (Å²) in [5, 5.41) is 10.7. The van der Waals surface area contributed by atoms with Crippen LogP contribution in [0, 0.1) is 16.7 Å². The van der Waals surface area contributed by atoms with Gasteiger partial charge in [-0.15, -0.1) is 0 Å². The first-order valence-electron chi connectivity index (χ1n) is 6.85. The molecule has 0 atom stereocenters. The summed E-state index contributed by atoms with van der Waals surface area (Å²) in [7, 11) is 0. The molecule has 1 heteroatoms. The standard InChI is InChI=1S/C15H30O/c1-7-14(5,6)12-8-10-15(16,11-9-12)13(2,3)4/h12,16H,7-11H2,1-6H3. The van der Waals surface area contributed by atoms with Crippen molar-refractivity contribution < 1.29 is 5.11 Å². The summed E-state index contributed by atoms with van der Waals surface area (Å²) in [6.45, 7) is 13.5. The fourth-order valence-corrected chi connectivity index (χ4v) is 2.92. The van der Waals surface area contributed by atoms with E-state index >= 15 is 0 Å². The van der Waals surface area contributed by atoms with Gasteiger partial charge in [0.05, 0.1) is 5.60 Å². The van der Waals surface area contributed by atoms with Gasteiger partial charge in [0.2, 0.25) is 0 Å². The van der Waals surface area contributed by atoms with Crippen LogP contribution in [0.15, 0.2) is 0 Å². The van der Waals surface area contributed by atoms with E-state index in [1.165, 1.54) is 19.3 Å². The van der Waals surface area contributed by atoms with E-state index in [1.54, 1.807) is 0 Å². The van der Waals surface area contributed by atoms with Crippen LogP contribution >= 0.6 is 0 Å². The van der Waals surface area contributed by atoms with Gasteiger partial charge in [0, 0.05) is 0 Å². The molecule has 0 unspecified atom stereocenters. The minimum atomic E-state index is -0.437. The number of aliphatic hydroxyl groups is 1. The average Bonchev–Trinajstić information content (AvgIpc) is 2.17. The number of rotatable bonds is 2. The topological polar surface area (TPSA) is 20.2 Å². The molecule has 1 aliphatic rings. The third-order valence-corrected chi connectivity index (χ3v) is 5.23. The van der Waals surface area contributed by atoms with Crippen molar-refractivity contribution in [3.8, 4) is 0 Å². The minimum Gasteiger partial charge on any atom is -0.389 e. The van der Waals surface area contributed by atoms with Crippen LogP contribution in [-0.2, 0) is 0 Å². The van der Waals surface area contributed by atoms with Gasteiger partial charge in [-0.3, -0.25) is 0 Å². The van der Waals surface area contributed by atoms with Crippen LogP contribution in [0.1, 0.15) is 73.6 Å². The molecule has 0 aromatic heterocycles. The Balaban J connectivity index is 2.65. The fourth-order valence-electron chi connectivity index (χ4n) is 2.92. The van der Waals surface area contributed by atoms with Crippen LogP contribution < -0.4 is 0 Å². The first-order valence-corrected chi connectivity index (χ1v) is 6.85. The van der Waals surface area contributed by atoms with Gasteiger partial charge in [-0.1, -0.05) is 48.0 Å². The van der Waals surface area contributed by atoms with Crippen LogP contribution in [0.2, 0.25) is 0 Å². The third kappa shape index (κ3) is 2.61. The SMILES string of the molecule is CCC(C)(C)C1CCC(O)(C(C)(C)C)CC1. The van der Waals surface area contributed by atoms with E-state index < -0.39 is 5.60 Å². The van der Waals surface area contributed by atoms with Gasteiger partial charge in [-0.25, -0.2) is 0 Å². The van der Waals surface area contributed by atoms with Crippen LogP contribution in [-0.4, -0.2) is 10.7 Å².